The fourth-order valence-corrected chi connectivity index (χ4v) is 1.72. The first-order valence-corrected chi connectivity index (χ1v) is 5.32. The Bertz CT molecular complexity index is 509. The van der Waals surface area contributed by atoms with Gasteiger partial charge in [-0.05, 0) is 31.5 Å². The monoisotopic (exact) mass is 217 g/mol. The quantitative estimate of drug-likeness (QED) is 0.792. The highest BCUT2D eigenvalue weighted by atomic mass is 16.5. The number of rotatable bonds is 3. The number of nitrogens with zero attached hydrogens (tertiary/aromatic N) is 1. The summed E-state index contributed by atoms with van der Waals surface area (Å²) in [5.74, 6) is 1.50. The summed E-state index contributed by atoms with van der Waals surface area (Å²) >= 11 is 0. The van der Waals surface area contributed by atoms with Gasteiger partial charge in [-0.3, -0.25) is 4.98 Å². The zero-order valence-electron chi connectivity index (χ0n) is 9.78. The van der Waals surface area contributed by atoms with Gasteiger partial charge in [0.1, 0.15) is 0 Å². The normalized spacial score (nSPS) is 10.4. The number of aryl methyl sites for hydroxylation is 1. The molecule has 0 N–H and O–H groups in total. The van der Waals surface area contributed by atoms with Crippen LogP contribution in [-0.2, 0) is 0 Å². The molecule has 84 valence electrons. The van der Waals surface area contributed by atoms with Crippen molar-refractivity contribution in [1.29, 1.82) is 0 Å². The molecule has 0 radical (unpaired) electrons. The van der Waals surface area contributed by atoms with Gasteiger partial charge in [-0.25, -0.2) is 0 Å². The first-order valence-electron chi connectivity index (χ1n) is 5.32. The highest BCUT2D eigenvalue weighted by molar-refractivity contribution is 5.85. The van der Waals surface area contributed by atoms with Gasteiger partial charge in [0.25, 0.3) is 0 Å². The highest BCUT2D eigenvalue weighted by Gasteiger charge is 2.08. The van der Waals surface area contributed by atoms with Crippen LogP contribution in [0.25, 0.3) is 10.9 Å². The molecule has 2 aromatic rings. The third-order valence-corrected chi connectivity index (χ3v) is 2.54. The molecule has 2 rings (SSSR count). The van der Waals surface area contributed by atoms with Crippen molar-refractivity contribution in [3.63, 3.8) is 0 Å². The van der Waals surface area contributed by atoms with Crippen molar-refractivity contribution in [3.05, 3.63) is 30.0 Å². The first-order chi connectivity index (χ1) is 7.76. The molecule has 1 aromatic carbocycles. The van der Waals surface area contributed by atoms with Crippen LogP contribution >= 0.6 is 0 Å². The molecule has 16 heavy (non-hydrogen) atoms. The van der Waals surface area contributed by atoms with Crippen LogP contribution < -0.4 is 9.47 Å². The van der Waals surface area contributed by atoms with E-state index < -0.39 is 0 Å². The van der Waals surface area contributed by atoms with Crippen LogP contribution in [0.1, 0.15) is 12.5 Å². The number of hydrogen-bond donors (Lipinski definition) is 0. The van der Waals surface area contributed by atoms with E-state index in [1.807, 2.05) is 25.1 Å². The second kappa shape index (κ2) is 4.39. The van der Waals surface area contributed by atoms with Crippen LogP contribution in [0.5, 0.6) is 11.5 Å². The maximum atomic E-state index is 5.51. The van der Waals surface area contributed by atoms with Crippen LogP contribution in [0, 0.1) is 6.92 Å². The van der Waals surface area contributed by atoms with Crippen LogP contribution in [0.2, 0.25) is 0 Å². The summed E-state index contributed by atoms with van der Waals surface area (Å²) in [7, 11) is 1.65. The number of pyridine rings is 1. The number of benzene rings is 1. The molecule has 0 aliphatic rings. The van der Waals surface area contributed by atoms with Crippen molar-refractivity contribution >= 4 is 10.9 Å². The summed E-state index contributed by atoms with van der Waals surface area (Å²) in [6.45, 7) is 4.63. The maximum absolute atomic E-state index is 5.51. The van der Waals surface area contributed by atoms with E-state index in [4.69, 9.17) is 9.47 Å². The van der Waals surface area contributed by atoms with Crippen LogP contribution in [0.4, 0.5) is 0 Å². The summed E-state index contributed by atoms with van der Waals surface area (Å²) in [4.78, 5) is 4.32. The fourth-order valence-electron chi connectivity index (χ4n) is 1.72. The molecular weight excluding hydrogens is 202 g/mol. The molecule has 0 amide bonds. The van der Waals surface area contributed by atoms with Gasteiger partial charge < -0.3 is 9.47 Å². The Morgan fingerprint density at radius 2 is 2.06 bits per heavy atom. The van der Waals surface area contributed by atoms with E-state index in [9.17, 15) is 0 Å². The molecule has 0 aliphatic carbocycles. The molecule has 0 unspecified atom stereocenters. The van der Waals surface area contributed by atoms with E-state index in [1.54, 1.807) is 13.3 Å². The Morgan fingerprint density at radius 1 is 1.25 bits per heavy atom. The Labute approximate surface area is 95.0 Å². The minimum Gasteiger partial charge on any atom is -0.493 e. The van der Waals surface area contributed by atoms with E-state index >= 15 is 0 Å². The van der Waals surface area contributed by atoms with Gasteiger partial charge in [-0.2, -0.15) is 0 Å². The molecule has 1 heterocycles. The molecular formula is C13H15NO2. The van der Waals surface area contributed by atoms with Crippen LogP contribution in [0.3, 0.4) is 0 Å². The summed E-state index contributed by atoms with van der Waals surface area (Å²) in [5.41, 5.74) is 2.12. The molecule has 0 aliphatic heterocycles. The van der Waals surface area contributed by atoms with E-state index in [1.165, 1.54) is 5.56 Å². The Hall–Kier alpha value is -1.77. The van der Waals surface area contributed by atoms with Crippen molar-refractivity contribution in [3.8, 4) is 11.5 Å². The Balaban J connectivity index is 2.65. The fraction of sp³-hybridized carbons (Fsp3) is 0.308. The zero-order valence-corrected chi connectivity index (χ0v) is 9.78. The highest BCUT2D eigenvalue weighted by Crippen LogP contribution is 2.32. The summed E-state index contributed by atoms with van der Waals surface area (Å²) in [6.07, 6.45) is 1.81. The van der Waals surface area contributed by atoms with Gasteiger partial charge in [0, 0.05) is 17.6 Å². The third-order valence-electron chi connectivity index (χ3n) is 2.54. The smallest absolute Gasteiger partial charge is 0.163 e. The van der Waals surface area contributed by atoms with Crippen molar-refractivity contribution in [2.75, 3.05) is 13.7 Å². The summed E-state index contributed by atoms with van der Waals surface area (Å²) in [5, 5.41) is 1.10. The van der Waals surface area contributed by atoms with Gasteiger partial charge in [0.05, 0.1) is 19.2 Å². The second-order valence-electron chi connectivity index (χ2n) is 3.58. The molecule has 0 spiro atoms. The zero-order chi connectivity index (χ0) is 11.5. The maximum Gasteiger partial charge on any atom is 0.163 e. The number of fused-ring (bicyclic) bond motifs is 1. The summed E-state index contributed by atoms with van der Waals surface area (Å²) in [6, 6.07) is 5.88. The number of aromatic nitrogens is 1. The van der Waals surface area contributed by atoms with Crippen molar-refractivity contribution in [1.82, 2.24) is 4.98 Å². The standard InChI is InChI=1S/C13H15NO2/c1-4-16-13-8-11-10(7-12(13)15-3)9(2)5-6-14-11/h5-8H,4H2,1-3H3. The van der Waals surface area contributed by atoms with E-state index in [-0.39, 0.29) is 0 Å². The number of ether oxygens (including phenoxy) is 2. The third kappa shape index (κ3) is 1.81. The SMILES string of the molecule is CCOc1cc2nccc(C)c2cc1OC. The van der Waals surface area contributed by atoms with Crippen LogP contribution in [0.15, 0.2) is 24.4 Å². The van der Waals surface area contributed by atoms with Gasteiger partial charge in [-0.15, -0.1) is 0 Å². The summed E-state index contributed by atoms with van der Waals surface area (Å²) < 4.78 is 10.8. The molecule has 1 aromatic heterocycles. The lowest BCUT2D eigenvalue weighted by Crippen LogP contribution is -1.96. The largest absolute Gasteiger partial charge is 0.493 e. The van der Waals surface area contributed by atoms with Crippen molar-refractivity contribution < 1.29 is 9.47 Å². The molecule has 0 saturated carbocycles. The predicted molar refractivity (Wildman–Crippen MR) is 64.2 cm³/mol. The van der Waals surface area contributed by atoms with Gasteiger partial charge in [0.2, 0.25) is 0 Å². The van der Waals surface area contributed by atoms with Gasteiger partial charge in [0.15, 0.2) is 11.5 Å². The number of hydrogen-bond acceptors (Lipinski definition) is 3. The van der Waals surface area contributed by atoms with E-state index in [0.29, 0.717) is 6.61 Å². The molecule has 3 heteroatoms. The van der Waals surface area contributed by atoms with E-state index in [0.717, 1.165) is 22.4 Å². The topological polar surface area (TPSA) is 31.4 Å². The lowest BCUT2D eigenvalue weighted by Gasteiger charge is -2.11. The van der Waals surface area contributed by atoms with Gasteiger partial charge >= 0.3 is 0 Å². The molecule has 0 fully saturated rings. The predicted octanol–water partition coefficient (Wildman–Crippen LogP) is 2.95. The van der Waals surface area contributed by atoms with E-state index in [2.05, 4.69) is 11.9 Å². The Morgan fingerprint density at radius 3 is 2.75 bits per heavy atom. The van der Waals surface area contributed by atoms with Gasteiger partial charge in [-0.1, -0.05) is 0 Å². The van der Waals surface area contributed by atoms with Crippen molar-refractivity contribution in [2.45, 2.75) is 13.8 Å². The lowest BCUT2D eigenvalue weighted by molar-refractivity contribution is 0.311. The lowest BCUT2D eigenvalue weighted by atomic mass is 10.1. The number of methoxy groups -OCH3 is 1. The molecule has 3 nitrogen and oxygen atoms in total. The minimum absolute atomic E-state index is 0.619. The molecule has 0 bridgehead atoms. The molecule has 0 atom stereocenters. The Kier molecular flexibility index (Phi) is 2.95. The van der Waals surface area contributed by atoms with Crippen LogP contribution in [-0.4, -0.2) is 18.7 Å². The average Bonchev–Trinajstić information content (AvgIpc) is 2.29. The minimum atomic E-state index is 0.619. The first kappa shape index (κ1) is 10.7. The second-order valence-corrected chi connectivity index (χ2v) is 3.58. The molecule has 0 saturated heterocycles. The van der Waals surface area contributed by atoms with Crippen molar-refractivity contribution in [2.24, 2.45) is 0 Å². The average molecular weight is 217 g/mol.